The van der Waals surface area contributed by atoms with Gasteiger partial charge >= 0.3 is 19.5 Å². The Morgan fingerprint density at radius 3 is 2.63 bits per heavy atom. The van der Waals surface area contributed by atoms with Gasteiger partial charge in [0.1, 0.15) is 6.04 Å². The third kappa shape index (κ3) is 9.06. The van der Waals surface area contributed by atoms with Crippen molar-refractivity contribution in [2.75, 3.05) is 19.3 Å². The quantitative estimate of drug-likeness (QED) is 0.185. The van der Waals surface area contributed by atoms with Crippen LogP contribution in [0.25, 0.3) is 0 Å². The third-order valence-corrected chi connectivity index (χ3v) is 6.49. The van der Waals surface area contributed by atoms with E-state index in [9.17, 15) is 19.0 Å². The fraction of sp³-hybridized carbons (Fsp3) is 0.619. The van der Waals surface area contributed by atoms with E-state index in [-0.39, 0.29) is 12.6 Å². The SMILES string of the molecule is NCCCCC(OP(=O)(O)CCCCc1ccccc1)C(=O)OC(=O)[C@@H]1CCCN1. The maximum atomic E-state index is 12.5. The molecule has 0 radical (unpaired) electrons. The highest BCUT2D eigenvalue weighted by atomic mass is 31.2. The minimum absolute atomic E-state index is 0.0569. The highest BCUT2D eigenvalue weighted by Gasteiger charge is 2.33. The second kappa shape index (κ2) is 13.0. The molecule has 1 aliphatic rings. The van der Waals surface area contributed by atoms with Crippen LogP contribution in [0.3, 0.4) is 0 Å². The van der Waals surface area contributed by atoms with E-state index in [4.69, 9.17) is 15.0 Å². The van der Waals surface area contributed by atoms with Crippen LogP contribution in [0.15, 0.2) is 30.3 Å². The van der Waals surface area contributed by atoms with E-state index in [0.29, 0.717) is 38.8 Å². The minimum Gasteiger partial charge on any atom is -0.390 e. The van der Waals surface area contributed by atoms with Gasteiger partial charge in [0.05, 0.1) is 6.16 Å². The second-order valence-electron chi connectivity index (χ2n) is 7.57. The van der Waals surface area contributed by atoms with Gasteiger partial charge in [0.2, 0.25) is 0 Å². The molecule has 1 aromatic rings. The average Bonchev–Trinajstić information content (AvgIpc) is 3.26. The predicted octanol–water partition coefficient (Wildman–Crippen LogP) is 2.53. The Morgan fingerprint density at radius 1 is 1.20 bits per heavy atom. The van der Waals surface area contributed by atoms with Crippen molar-refractivity contribution in [2.45, 2.75) is 63.5 Å². The molecule has 9 heteroatoms. The van der Waals surface area contributed by atoms with Crippen LogP contribution in [-0.4, -0.2) is 48.2 Å². The Kier molecular flexibility index (Phi) is 10.7. The highest BCUT2D eigenvalue weighted by molar-refractivity contribution is 7.52. The van der Waals surface area contributed by atoms with Gasteiger partial charge in [0.15, 0.2) is 6.10 Å². The number of hydrogen-bond donors (Lipinski definition) is 3. The number of unbranched alkanes of at least 4 members (excludes halogenated alkanes) is 2. The zero-order chi connectivity index (χ0) is 21.8. The molecule has 2 unspecified atom stereocenters. The first-order chi connectivity index (χ1) is 14.4. The van der Waals surface area contributed by atoms with Crippen molar-refractivity contribution in [1.82, 2.24) is 5.32 Å². The van der Waals surface area contributed by atoms with Crippen molar-refractivity contribution >= 4 is 19.5 Å². The van der Waals surface area contributed by atoms with Crippen LogP contribution in [0.4, 0.5) is 0 Å². The number of carbonyl (C=O) groups is 2. The molecular weight excluding hydrogens is 407 g/mol. The molecule has 168 valence electrons. The molecule has 1 saturated heterocycles. The lowest BCUT2D eigenvalue weighted by Gasteiger charge is -2.20. The van der Waals surface area contributed by atoms with E-state index in [1.807, 2.05) is 30.3 Å². The summed E-state index contributed by atoms with van der Waals surface area (Å²) in [5, 5.41) is 2.96. The van der Waals surface area contributed by atoms with Crippen LogP contribution >= 0.6 is 7.60 Å². The van der Waals surface area contributed by atoms with Gasteiger partial charge in [-0.3, -0.25) is 9.09 Å². The van der Waals surface area contributed by atoms with E-state index in [0.717, 1.165) is 24.8 Å². The standard InChI is InChI=1S/C21H33N2O6P/c22-14-6-4-13-19(21(25)28-20(24)18-12-8-15-23-18)29-30(26,27)16-7-5-11-17-9-2-1-3-10-17/h1-3,9-10,18-19,23H,4-8,11-16,22H2,(H,26,27)/t18-,19?/m0/s1. The molecule has 0 aromatic heterocycles. The Hall–Kier alpha value is -1.57. The fourth-order valence-corrected chi connectivity index (χ4v) is 4.66. The van der Waals surface area contributed by atoms with Gasteiger partial charge in [-0.15, -0.1) is 0 Å². The van der Waals surface area contributed by atoms with Crippen LogP contribution in [0.5, 0.6) is 0 Å². The molecule has 0 bridgehead atoms. The van der Waals surface area contributed by atoms with Crippen molar-refractivity contribution in [1.29, 1.82) is 0 Å². The Bertz CT molecular complexity index is 709. The van der Waals surface area contributed by atoms with Crippen LogP contribution in [-0.2, 0) is 29.8 Å². The summed E-state index contributed by atoms with van der Waals surface area (Å²) in [5.41, 5.74) is 6.65. The Morgan fingerprint density at radius 2 is 1.97 bits per heavy atom. The molecule has 4 N–H and O–H groups in total. The minimum atomic E-state index is -4.00. The number of nitrogens with one attached hydrogen (secondary N) is 1. The van der Waals surface area contributed by atoms with Gasteiger partial charge in [0, 0.05) is 0 Å². The first-order valence-corrected chi connectivity index (χ1v) is 12.4. The summed E-state index contributed by atoms with van der Waals surface area (Å²) in [6.07, 6.45) is 3.47. The molecule has 3 atom stereocenters. The molecule has 0 saturated carbocycles. The van der Waals surface area contributed by atoms with Gasteiger partial charge in [-0.05, 0) is 70.0 Å². The average molecular weight is 440 g/mol. The monoisotopic (exact) mass is 440 g/mol. The number of nitrogens with two attached hydrogens (primary N) is 1. The first-order valence-electron chi connectivity index (χ1n) is 10.6. The van der Waals surface area contributed by atoms with Crippen molar-refractivity contribution in [3.05, 3.63) is 35.9 Å². The van der Waals surface area contributed by atoms with Gasteiger partial charge in [-0.2, -0.15) is 0 Å². The Labute approximate surface area is 178 Å². The molecule has 1 fully saturated rings. The number of carbonyl (C=O) groups excluding carboxylic acids is 2. The molecule has 0 spiro atoms. The van der Waals surface area contributed by atoms with E-state index in [1.165, 1.54) is 0 Å². The first kappa shape index (κ1) is 24.7. The zero-order valence-electron chi connectivity index (χ0n) is 17.3. The van der Waals surface area contributed by atoms with Crippen molar-refractivity contribution in [3.63, 3.8) is 0 Å². The van der Waals surface area contributed by atoms with Crippen molar-refractivity contribution in [3.8, 4) is 0 Å². The fourth-order valence-electron chi connectivity index (χ4n) is 3.35. The van der Waals surface area contributed by atoms with Crippen molar-refractivity contribution in [2.24, 2.45) is 5.73 Å². The molecule has 2 rings (SSSR count). The van der Waals surface area contributed by atoms with Gasteiger partial charge in [0.25, 0.3) is 0 Å². The second-order valence-corrected chi connectivity index (χ2v) is 9.50. The molecule has 8 nitrogen and oxygen atoms in total. The molecule has 0 amide bonds. The summed E-state index contributed by atoms with van der Waals surface area (Å²) in [6.45, 7) is 1.13. The van der Waals surface area contributed by atoms with Crippen LogP contribution in [0.2, 0.25) is 0 Å². The summed E-state index contributed by atoms with van der Waals surface area (Å²) in [6, 6.07) is 9.35. The molecular formula is C21H33N2O6P. The largest absolute Gasteiger partial charge is 0.390 e. The van der Waals surface area contributed by atoms with Gasteiger partial charge in [-0.25, -0.2) is 9.59 Å². The maximum absolute atomic E-state index is 12.5. The number of ether oxygens (including phenoxy) is 1. The molecule has 1 heterocycles. The molecule has 30 heavy (non-hydrogen) atoms. The number of benzene rings is 1. The topological polar surface area (TPSA) is 128 Å². The summed E-state index contributed by atoms with van der Waals surface area (Å²) in [5.74, 6) is -1.58. The third-order valence-electron chi connectivity index (χ3n) is 5.02. The maximum Gasteiger partial charge on any atom is 0.343 e. The van der Waals surface area contributed by atoms with E-state index < -0.39 is 31.7 Å². The predicted molar refractivity (Wildman–Crippen MR) is 114 cm³/mol. The lowest BCUT2D eigenvalue weighted by Crippen LogP contribution is -2.37. The Balaban J connectivity index is 1.84. The van der Waals surface area contributed by atoms with E-state index in [2.05, 4.69) is 5.32 Å². The van der Waals surface area contributed by atoms with E-state index in [1.54, 1.807) is 0 Å². The number of hydrogen-bond acceptors (Lipinski definition) is 7. The number of rotatable bonds is 13. The summed E-state index contributed by atoms with van der Waals surface area (Å²) >= 11 is 0. The van der Waals surface area contributed by atoms with Crippen LogP contribution < -0.4 is 11.1 Å². The smallest absolute Gasteiger partial charge is 0.343 e. The van der Waals surface area contributed by atoms with Gasteiger partial charge < -0.3 is 20.7 Å². The zero-order valence-corrected chi connectivity index (χ0v) is 18.2. The van der Waals surface area contributed by atoms with Crippen LogP contribution in [0, 0.1) is 0 Å². The summed E-state index contributed by atoms with van der Waals surface area (Å²) in [4.78, 5) is 34.8. The summed E-state index contributed by atoms with van der Waals surface area (Å²) < 4.78 is 22.7. The lowest BCUT2D eigenvalue weighted by molar-refractivity contribution is -0.166. The normalized spacial score (nSPS) is 19.2. The lowest BCUT2D eigenvalue weighted by atomic mass is 10.1. The number of esters is 2. The molecule has 1 aliphatic heterocycles. The van der Waals surface area contributed by atoms with Crippen LogP contribution in [0.1, 0.15) is 50.5 Å². The van der Waals surface area contributed by atoms with Gasteiger partial charge in [-0.1, -0.05) is 30.3 Å². The summed E-state index contributed by atoms with van der Waals surface area (Å²) in [7, 11) is -4.00. The molecule has 1 aromatic carbocycles. The number of aryl methyl sites for hydroxylation is 1. The molecule has 0 aliphatic carbocycles. The highest BCUT2D eigenvalue weighted by Crippen LogP contribution is 2.45. The van der Waals surface area contributed by atoms with E-state index >= 15 is 0 Å². The van der Waals surface area contributed by atoms with Crippen molar-refractivity contribution < 1.29 is 28.3 Å².